The van der Waals surface area contributed by atoms with Gasteiger partial charge >= 0.3 is 0 Å². The van der Waals surface area contributed by atoms with Crippen LogP contribution in [-0.2, 0) is 9.59 Å². The van der Waals surface area contributed by atoms with Crippen molar-refractivity contribution in [3.63, 3.8) is 0 Å². The monoisotopic (exact) mass is 284 g/mol. The van der Waals surface area contributed by atoms with E-state index >= 15 is 0 Å². The molecule has 0 bridgehead atoms. The third-order valence-electron chi connectivity index (χ3n) is 3.03. The molecule has 4 nitrogen and oxygen atoms in total. The van der Waals surface area contributed by atoms with Crippen LogP contribution in [0.25, 0.3) is 0 Å². The Hall–Kier alpha value is -0.740. The maximum absolute atomic E-state index is 11.7. The second-order valence-electron chi connectivity index (χ2n) is 6.75. The van der Waals surface area contributed by atoms with Crippen LogP contribution < -0.4 is 0 Å². The van der Waals surface area contributed by atoms with Gasteiger partial charge in [-0.1, -0.05) is 27.7 Å². The molecular weight excluding hydrogens is 252 g/mol. The van der Waals surface area contributed by atoms with Gasteiger partial charge in [-0.15, -0.1) is 0 Å². The maximum atomic E-state index is 11.7. The highest BCUT2D eigenvalue weighted by molar-refractivity contribution is 5.81. The number of hydrogen-bond donors (Lipinski definition) is 0. The van der Waals surface area contributed by atoms with E-state index in [1.54, 1.807) is 0 Å². The lowest BCUT2D eigenvalue weighted by Gasteiger charge is -2.21. The summed E-state index contributed by atoms with van der Waals surface area (Å²) >= 11 is 0. The quantitative estimate of drug-likeness (QED) is 0.582. The zero-order valence-electron chi connectivity index (χ0n) is 14.1. The van der Waals surface area contributed by atoms with Gasteiger partial charge < -0.3 is 0 Å². The van der Waals surface area contributed by atoms with Crippen molar-refractivity contribution >= 4 is 11.6 Å². The standard InChI is InChI=1S/C16H32N2O2/c1-13(2)9-15(19)11-17(5)7-8-18(6)12-16(20)10-14(3)4/h13-14H,7-12H2,1-6H3. The van der Waals surface area contributed by atoms with Gasteiger partial charge in [-0.2, -0.15) is 0 Å². The third kappa shape index (κ3) is 11.1. The van der Waals surface area contributed by atoms with Gasteiger partial charge in [0, 0.05) is 25.9 Å². The minimum absolute atomic E-state index is 0.293. The Balaban J connectivity index is 3.85. The van der Waals surface area contributed by atoms with E-state index in [-0.39, 0.29) is 0 Å². The Morgan fingerprint density at radius 1 is 0.750 bits per heavy atom. The molecule has 20 heavy (non-hydrogen) atoms. The van der Waals surface area contributed by atoms with Crippen LogP contribution in [0.4, 0.5) is 0 Å². The molecule has 0 saturated carbocycles. The lowest BCUT2D eigenvalue weighted by atomic mass is 10.1. The highest BCUT2D eigenvalue weighted by Crippen LogP contribution is 2.02. The Labute approximate surface area is 124 Å². The molecule has 4 heteroatoms. The molecule has 0 N–H and O–H groups in total. The molecule has 0 aliphatic carbocycles. The van der Waals surface area contributed by atoms with Crippen LogP contribution in [0.1, 0.15) is 40.5 Å². The first-order valence-electron chi connectivity index (χ1n) is 7.61. The second-order valence-corrected chi connectivity index (χ2v) is 6.75. The average molecular weight is 284 g/mol. The van der Waals surface area contributed by atoms with Crippen molar-refractivity contribution in [1.82, 2.24) is 9.80 Å². The molecule has 0 aromatic carbocycles. The lowest BCUT2D eigenvalue weighted by molar-refractivity contribution is -0.122. The number of Topliss-reactive ketones (excluding diaryl/α,β-unsaturated/α-hetero) is 2. The van der Waals surface area contributed by atoms with Gasteiger partial charge in [0.2, 0.25) is 0 Å². The van der Waals surface area contributed by atoms with Crippen molar-refractivity contribution in [2.75, 3.05) is 40.3 Å². The van der Waals surface area contributed by atoms with Crippen LogP contribution >= 0.6 is 0 Å². The first-order chi connectivity index (χ1) is 9.20. The van der Waals surface area contributed by atoms with Crippen molar-refractivity contribution in [3.05, 3.63) is 0 Å². The summed E-state index contributed by atoms with van der Waals surface area (Å²) in [6, 6.07) is 0. The van der Waals surface area contributed by atoms with E-state index in [2.05, 4.69) is 27.7 Å². The van der Waals surface area contributed by atoms with Crippen LogP contribution in [0.2, 0.25) is 0 Å². The molecule has 0 aromatic rings. The SMILES string of the molecule is CC(C)CC(=O)CN(C)CCN(C)CC(=O)CC(C)C. The smallest absolute Gasteiger partial charge is 0.147 e. The van der Waals surface area contributed by atoms with Crippen molar-refractivity contribution in [1.29, 1.82) is 0 Å². The van der Waals surface area contributed by atoms with Crippen molar-refractivity contribution in [2.45, 2.75) is 40.5 Å². The van der Waals surface area contributed by atoms with E-state index in [1.165, 1.54) is 0 Å². The van der Waals surface area contributed by atoms with Crippen molar-refractivity contribution in [2.24, 2.45) is 11.8 Å². The summed E-state index contributed by atoms with van der Waals surface area (Å²) in [5, 5.41) is 0. The number of ketones is 2. The summed E-state index contributed by atoms with van der Waals surface area (Å²) in [7, 11) is 3.92. The second kappa shape index (κ2) is 10.1. The largest absolute Gasteiger partial charge is 0.298 e. The molecule has 0 rings (SSSR count). The van der Waals surface area contributed by atoms with E-state index < -0.39 is 0 Å². The number of hydrogen-bond acceptors (Lipinski definition) is 4. The number of nitrogens with zero attached hydrogens (tertiary/aromatic N) is 2. The van der Waals surface area contributed by atoms with E-state index in [9.17, 15) is 9.59 Å². The topological polar surface area (TPSA) is 40.6 Å². The minimum Gasteiger partial charge on any atom is -0.298 e. The van der Waals surface area contributed by atoms with Gasteiger partial charge in [-0.25, -0.2) is 0 Å². The van der Waals surface area contributed by atoms with Crippen LogP contribution in [-0.4, -0.2) is 61.6 Å². The molecule has 0 aromatic heterocycles. The molecule has 0 spiro atoms. The molecule has 0 amide bonds. The molecule has 0 unspecified atom stereocenters. The van der Waals surface area contributed by atoms with Crippen LogP contribution in [0.3, 0.4) is 0 Å². The molecule has 0 radical (unpaired) electrons. The highest BCUT2D eigenvalue weighted by Gasteiger charge is 2.11. The minimum atomic E-state index is 0.293. The summed E-state index contributed by atoms with van der Waals surface area (Å²) in [5.41, 5.74) is 0. The summed E-state index contributed by atoms with van der Waals surface area (Å²) in [5.74, 6) is 1.43. The summed E-state index contributed by atoms with van der Waals surface area (Å²) in [4.78, 5) is 27.5. The van der Waals surface area contributed by atoms with Crippen LogP contribution in [0, 0.1) is 11.8 Å². The fourth-order valence-electron chi connectivity index (χ4n) is 2.14. The predicted octanol–water partition coefficient (Wildman–Crippen LogP) is 2.08. The fraction of sp³-hybridized carbons (Fsp3) is 0.875. The van der Waals surface area contributed by atoms with Gasteiger partial charge in [0.05, 0.1) is 13.1 Å². The Morgan fingerprint density at radius 3 is 1.30 bits per heavy atom. The Morgan fingerprint density at radius 2 is 1.05 bits per heavy atom. The summed E-state index contributed by atoms with van der Waals surface area (Å²) < 4.78 is 0. The van der Waals surface area contributed by atoms with E-state index in [0.29, 0.717) is 49.3 Å². The number of rotatable bonds is 11. The van der Waals surface area contributed by atoms with E-state index in [0.717, 1.165) is 13.1 Å². The van der Waals surface area contributed by atoms with E-state index in [4.69, 9.17) is 0 Å². The van der Waals surface area contributed by atoms with Gasteiger partial charge in [0.1, 0.15) is 11.6 Å². The van der Waals surface area contributed by atoms with Crippen molar-refractivity contribution in [3.8, 4) is 0 Å². The first kappa shape index (κ1) is 19.3. The first-order valence-corrected chi connectivity index (χ1v) is 7.61. The molecule has 0 fully saturated rings. The van der Waals surface area contributed by atoms with Gasteiger partial charge in [0.25, 0.3) is 0 Å². The van der Waals surface area contributed by atoms with Gasteiger partial charge in [-0.05, 0) is 25.9 Å². The average Bonchev–Trinajstić information content (AvgIpc) is 2.23. The Kier molecular flexibility index (Phi) is 9.68. The van der Waals surface area contributed by atoms with E-state index in [1.807, 2.05) is 23.9 Å². The normalized spacial score (nSPS) is 11.9. The highest BCUT2D eigenvalue weighted by atomic mass is 16.1. The van der Waals surface area contributed by atoms with Crippen LogP contribution in [0.15, 0.2) is 0 Å². The van der Waals surface area contributed by atoms with Crippen LogP contribution in [0.5, 0.6) is 0 Å². The van der Waals surface area contributed by atoms with Crippen molar-refractivity contribution < 1.29 is 9.59 Å². The maximum Gasteiger partial charge on any atom is 0.147 e. The lowest BCUT2D eigenvalue weighted by Crippen LogP contribution is -2.36. The molecule has 118 valence electrons. The third-order valence-corrected chi connectivity index (χ3v) is 3.03. The molecule has 0 aliphatic heterocycles. The summed E-state index contributed by atoms with van der Waals surface area (Å²) in [6.07, 6.45) is 1.29. The summed E-state index contributed by atoms with van der Waals surface area (Å²) in [6.45, 7) is 10.9. The van der Waals surface area contributed by atoms with Gasteiger partial charge in [0.15, 0.2) is 0 Å². The predicted molar refractivity (Wildman–Crippen MR) is 83.9 cm³/mol. The molecule has 0 aliphatic rings. The molecule has 0 heterocycles. The zero-order chi connectivity index (χ0) is 15.7. The van der Waals surface area contributed by atoms with Gasteiger partial charge in [-0.3, -0.25) is 19.4 Å². The number of likely N-dealkylation sites (N-methyl/N-ethyl adjacent to an activating group) is 2. The molecule has 0 saturated heterocycles. The number of carbonyl (C=O) groups is 2. The Bertz CT molecular complexity index is 271. The molecular formula is C16H32N2O2. The zero-order valence-corrected chi connectivity index (χ0v) is 14.1. The number of carbonyl (C=O) groups excluding carboxylic acids is 2. The molecule has 0 atom stereocenters. The fourth-order valence-corrected chi connectivity index (χ4v) is 2.14.